The standard InChI is InChI=1S/C12H13F3O3S/c13-12(14,15)10-3-1-2-9(6-10)7-11(16)4-5-19(17,18)8-11/h1-3,6,16H,4-5,7-8H2. The van der Waals surface area contributed by atoms with Gasteiger partial charge in [-0.15, -0.1) is 0 Å². The van der Waals surface area contributed by atoms with Crippen molar-refractivity contribution in [2.24, 2.45) is 0 Å². The molecule has 0 spiro atoms. The van der Waals surface area contributed by atoms with Crippen molar-refractivity contribution in [3.8, 4) is 0 Å². The lowest BCUT2D eigenvalue weighted by molar-refractivity contribution is -0.137. The lowest BCUT2D eigenvalue weighted by Crippen LogP contribution is -2.32. The van der Waals surface area contributed by atoms with Crippen molar-refractivity contribution in [1.82, 2.24) is 0 Å². The van der Waals surface area contributed by atoms with Crippen LogP contribution in [-0.2, 0) is 22.4 Å². The molecule has 1 aliphatic rings. The van der Waals surface area contributed by atoms with Gasteiger partial charge in [0.25, 0.3) is 0 Å². The van der Waals surface area contributed by atoms with Crippen LogP contribution in [0.4, 0.5) is 13.2 Å². The van der Waals surface area contributed by atoms with Gasteiger partial charge in [0.05, 0.1) is 22.7 Å². The van der Waals surface area contributed by atoms with Gasteiger partial charge in [0.2, 0.25) is 0 Å². The van der Waals surface area contributed by atoms with E-state index in [1.54, 1.807) is 0 Å². The second kappa shape index (κ2) is 4.49. The number of sulfone groups is 1. The van der Waals surface area contributed by atoms with Crippen LogP contribution in [0, 0.1) is 0 Å². The molecule has 1 unspecified atom stereocenters. The lowest BCUT2D eigenvalue weighted by atomic mass is 9.93. The molecule has 0 amide bonds. The molecule has 2 rings (SSSR count). The molecule has 1 aromatic rings. The molecule has 19 heavy (non-hydrogen) atoms. The van der Waals surface area contributed by atoms with E-state index in [9.17, 15) is 26.7 Å². The summed E-state index contributed by atoms with van der Waals surface area (Å²) in [5, 5.41) is 10.1. The van der Waals surface area contributed by atoms with Crippen LogP contribution in [-0.4, -0.2) is 30.6 Å². The molecule has 1 atom stereocenters. The first kappa shape index (κ1) is 14.3. The molecule has 1 aromatic carbocycles. The first-order valence-corrected chi connectivity index (χ1v) is 7.51. The smallest absolute Gasteiger partial charge is 0.388 e. The molecule has 106 valence electrons. The van der Waals surface area contributed by atoms with Gasteiger partial charge in [-0.25, -0.2) is 8.42 Å². The molecule has 0 saturated carbocycles. The minimum Gasteiger partial charge on any atom is -0.388 e. The molecular formula is C12H13F3O3S. The van der Waals surface area contributed by atoms with E-state index in [2.05, 4.69) is 0 Å². The highest BCUT2D eigenvalue weighted by Crippen LogP contribution is 2.32. The highest BCUT2D eigenvalue weighted by Gasteiger charge is 2.40. The largest absolute Gasteiger partial charge is 0.416 e. The van der Waals surface area contributed by atoms with E-state index in [-0.39, 0.29) is 24.2 Å². The summed E-state index contributed by atoms with van der Waals surface area (Å²) < 4.78 is 60.3. The molecule has 0 aliphatic carbocycles. The predicted molar refractivity (Wildman–Crippen MR) is 63.4 cm³/mol. The number of benzene rings is 1. The number of hydrogen-bond donors (Lipinski definition) is 1. The van der Waals surface area contributed by atoms with E-state index in [0.29, 0.717) is 0 Å². The SMILES string of the molecule is O=S1(=O)CCC(O)(Cc2cccc(C(F)(F)F)c2)C1. The Morgan fingerprint density at radius 3 is 2.53 bits per heavy atom. The number of hydrogen-bond acceptors (Lipinski definition) is 3. The molecule has 7 heteroatoms. The Hall–Kier alpha value is -1.08. The van der Waals surface area contributed by atoms with Crippen LogP contribution in [0.25, 0.3) is 0 Å². The minimum atomic E-state index is -4.44. The number of aliphatic hydroxyl groups is 1. The van der Waals surface area contributed by atoms with E-state index in [1.165, 1.54) is 12.1 Å². The maximum absolute atomic E-state index is 12.5. The molecule has 1 fully saturated rings. The molecular weight excluding hydrogens is 281 g/mol. The molecule has 1 saturated heterocycles. The van der Waals surface area contributed by atoms with Crippen LogP contribution in [0.5, 0.6) is 0 Å². The van der Waals surface area contributed by atoms with Crippen LogP contribution < -0.4 is 0 Å². The summed E-state index contributed by atoms with van der Waals surface area (Å²) in [6, 6.07) is 4.60. The maximum atomic E-state index is 12.5. The Morgan fingerprint density at radius 2 is 2.00 bits per heavy atom. The molecule has 1 heterocycles. The van der Waals surface area contributed by atoms with E-state index in [0.717, 1.165) is 12.1 Å². The van der Waals surface area contributed by atoms with Crippen LogP contribution in [0.15, 0.2) is 24.3 Å². The highest BCUT2D eigenvalue weighted by atomic mass is 32.2. The zero-order chi connectivity index (χ0) is 14.3. The van der Waals surface area contributed by atoms with Crippen molar-refractivity contribution in [1.29, 1.82) is 0 Å². The van der Waals surface area contributed by atoms with Crippen LogP contribution in [0.3, 0.4) is 0 Å². The van der Waals surface area contributed by atoms with Crippen LogP contribution in [0.2, 0.25) is 0 Å². The molecule has 3 nitrogen and oxygen atoms in total. The van der Waals surface area contributed by atoms with Gasteiger partial charge in [-0.2, -0.15) is 13.2 Å². The van der Waals surface area contributed by atoms with Gasteiger partial charge in [0.1, 0.15) is 0 Å². The summed E-state index contributed by atoms with van der Waals surface area (Å²) in [5.74, 6) is -0.515. The number of rotatable bonds is 2. The van der Waals surface area contributed by atoms with E-state index in [1.807, 2.05) is 0 Å². The Kier molecular flexibility index (Phi) is 3.38. The number of halogens is 3. The van der Waals surface area contributed by atoms with E-state index < -0.39 is 32.9 Å². The minimum absolute atomic E-state index is 0.0611. The fraction of sp³-hybridized carbons (Fsp3) is 0.500. The fourth-order valence-electron chi connectivity index (χ4n) is 2.28. The first-order chi connectivity index (χ1) is 8.60. The van der Waals surface area contributed by atoms with Crippen molar-refractivity contribution < 1.29 is 26.7 Å². The molecule has 0 radical (unpaired) electrons. The summed E-state index contributed by atoms with van der Waals surface area (Å²) in [6.07, 6.45) is -4.47. The van der Waals surface area contributed by atoms with Gasteiger partial charge < -0.3 is 5.11 Å². The van der Waals surface area contributed by atoms with E-state index >= 15 is 0 Å². The van der Waals surface area contributed by atoms with Gasteiger partial charge in [-0.05, 0) is 18.1 Å². The predicted octanol–water partition coefficient (Wildman–Crippen LogP) is 1.80. The normalized spacial score (nSPS) is 26.5. The van der Waals surface area contributed by atoms with Crippen LogP contribution >= 0.6 is 0 Å². The van der Waals surface area contributed by atoms with Gasteiger partial charge >= 0.3 is 6.18 Å². The zero-order valence-electron chi connectivity index (χ0n) is 9.94. The Bertz CT molecular complexity index is 580. The highest BCUT2D eigenvalue weighted by molar-refractivity contribution is 7.91. The quantitative estimate of drug-likeness (QED) is 0.905. The van der Waals surface area contributed by atoms with E-state index in [4.69, 9.17) is 0 Å². The lowest BCUT2D eigenvalue weighted by Gasteiger charge is -2.21. The topological polar surface area (TPSA) is 54.4 Å². The maximum Gasteiger partial charge on any atom is 0.416 e. The fourth-order valence-corrected chi connectivity index (χ4v) is 4.18. The van der Waals surface area contributed by atoms with Crippen molar-refractivity contribution in [3.63, 3.8) is 0 Å². The Morgan fingerprint density at radius 1 is 1.32 bits per heavy atom. The Labute approximate surface area is 109 Å². The average Bonchev–Trinajstić information content (AvgIpc) is 2.52. The molecule has 0 aromatic heterocycles. The van der Waals surface area contributed by atoms with Crippen molar-refractivity contribution >= 4 is 9.84 Å². The molecule has 0 bridgehead atoms. The Balaban J connectivity index is 2.21. The molecule has 1 aliphatic heterocycles. The van der Waals surface area contributed by atoms with Crippen LogP contribution in [0.1, 0.15) is 17.5 Å². The summed E-state index contributed by atoms with van der Waals surface area (Å²) in [5.41, 5.74) is -1.97. The second-order valence-corrected chi connectivity index (χ2v) is 7.13. The summed E-state index contributed by atoms with van der Waals surface area (Å²) in [4.78, 5) is 0. The summed E-state index contributed by atoms with van der Waals surface area (Å²) >= 11 is 0. The monoisotopic (exact) mass is 294 g/mol. The zero-order valence-corrected chi connectivity index (χ0v) is 10.8. The first-order valence-electron chi connectivity index (χ1n) is 5.69. The van der Waals surface area contributed by atoms with Gasteiger partial charge in [0.15, 0.2) is 9.84 Å². The van der Waals surface area contributed by atoms with Crippen molar-refractivity contribution in [2.75, 3.05) is 11.5 Å². The van der Waals surface area contributed by atoms with Crippen molar-refractivity contribution in [2.45, 2.75) is 24.6 Å². The van der Waals surface area contributed by atoms with Crippen molar-refractivity contribution in [3.05, 3.63) is 35.4 Å². The molecule has 1 N–H and O–H groups in total. The summed E-state index contributed by atoms with van der Waals surface area (Å²) in [7, 11) is -3.28. The van der Waals surface area contributed by atoms with Gasteiger partial charge in [-0.3, -0.25) is 0 Å². The second-order valence-electron chi connectivity index (χ2n) is 4.94. The third-order valence-corrected chi connectivity index (χ3v) is 4.96. The third kappa shape index (κ3) is 3.48. The van der Waals surface area contributed by atoms with Gasteiger partial charge in [-0.1, -0.05) is 18.2 Å². The summed E-state index contributed by atoms with van der Waals surface area (Å²) in [6.45, 7) is 0. The van der Waals surface area contributed by atoms with Gasteiger partial charge in [0, 0.05) is 6.42 Å². The number of alkyl halides is 3. The average molecular weight is 294 g/mol. The third-order valence-electron chi connectivity index (χ3n) is 3.15.